The number of aryl methyl sites for hydroxylation is 2. The second kappa shape index (κ2) is 8.98. The zero-order chi connectivity index (χ0) is 22.0. The van der Waals surface area contributed by atoms with Gasteiger partial charge in [0.25, 0.3) is 5.91 Å². The molecular weight excluding hydrogens is 440 g/mol. The SMILES string of the molecule is CCOC(=O)c1c(NC(=O)COC(=O)c2csc(-c3cnn(C)c3)n2)sc2c1CCC2. The normalized spacial score (nSPS) is 12.5. The molecule has 11 heteroatoms. The third-order valence-corrected chi connectivity index (χ3v) is 6.75. The summed E-state index contributed by atoms with van der Waals surface area (Å²) in [6, 6.07) is 0. The van der Waals surface area contributed by atoms with Crippen LogP contribution < -0.4 is 5.32 Å². The summed E-state index contributed by atoms with van der Waals surface area (Å²) in [4.78, 5) is 42.4. The first-order valence-electron chi connectivity index (χ1n) is 9.69. The number of nitrogens with zero attached hydrogens (tertiary/aromatic N) is 3. The van der Waals surface area contributed by atoms with Gasteiger partial charge >= 0.3 is 11.9 Å². The lowest BCUT2D eigenvalue weighted by atomic mass is 10.1. The minimum atomic E-state index is -0.694. The molecule has 0 saturated carbocycles. The number of anilines is 1. The van der Waals surface area contributed by atoms with Crippen LogP contribution in [0.1, 0.15) is 44.6 Å². The van der Waals surface area contributed by atoms with Crippen LogP contribution in [0, 0.1) is 0 Å². The Hall–Kier alpha value is -3.05. The molecule has 3 aromatic heterocycles. The van der Waals surface area contributed by atoms with Crippen LogP contribution in [0.2, 0.25) is 0 Å². The summed E-state index contributed by atoms with van der Waals surface area (Å²) in [5.41, 5.74) is 2.28. The summed E-state index contributed by atoms with van der Waals surface area (Å²) < 4.78 is 11.9. The number of ether oxygens (including phenoxy) is 2. The predicted molar refractivity (Wildman–Crippen MR) is 116 cm³/mol. The summed E-state index contributed by atoms with van der Waals surface area (Å²) in [5.74, 6) is -1.66. The largest absolute Gasteiger partial charge is 0.462 e. The maximum atomic E-state index is 12.4. The minimum absolute atomic E-state index is 0.124. The van der Waals surface area contributed by atoms with Crippen molar-refractivity contribution in [1.29, 1.82) is 0 Å². The van der Waals surface area contributed by atoms with E-state index in [9.17, 15) is 14.4 Å². The van der Waals surface area contributed by atoms with Crippen molar-refractivity contribution < 1.29 is 23.9 Å². The number of nitrogens with one attached hydrogen (secondary N) is 1. The van der Waals surface area contributed by atoms with Gasteiger partial charge in [0.2, 0.25) is 0 Å². The second-order valence-electron chi connectivity index (χ2n) is 6.85. The number of fused-ring (bicyclic) bond motifs is 1. The van der Waals surface area contributed by atoms with E-state index in [1.54, 1.807) is 36.4 Å². The van der Waals surface area contributed by atoms with E-state index in [1.165, 1.54) is 22.7 Å². The summed E-state index contributed by atoms with van der Waals surface area (Å²) in [6.45, 7) is 1.51. The van der Waals surface area contributed by atoms with Crippen molar-refractivity contribution in [2.45, 2.75) is 26.2 Å². The van der Waals surface area contributed by atoms with Crippen LogP contribution in [0.15, 0.2) is 17.8 Å². The van der Waals surface area contributed by atoms with Gasteiger partial charge in [0.1, 0.15) is 10.0 Å². The molecule has 9 nitrogen and oxygen atoms in total. The van der Waals surface area contributed by atoms with E-state index in [-0.39, 0.29) is 12.3 Å². The molecule has 4 rings (SSSR count). The lowest BCUT2D eigenvalue weighted by Gasteiger charge is -2.08. The Labute approximate surface area is 186 Å². The van der Waals surface area contributed by atoms with Gasteiger partial charge in [0.15, 0.2) is 12.3 Å². The number of hydrogen-bond acceptors (Lipinski definition) is 9. The molecule has 31 heavy (non-hydrogen) atoms. The Morgan fingerprint density at radius 1 is 1.23 bits per heavy atom. The van der Waals surface area contributed by atoms with E-state index < -0.39 is 24.5 Å². The fourth-order valence-corrected chi connectivity index (χ4v) is 5.37. The van der Waals surface area contributed by atoms with E-state index in [1.807, 2.05) is 0 Å². The maximum Gasteiger partial charge on any atom is 0.358 e. The Morgan fingerprint density at radius 3 is 2.81 bits per heavy atom. The Bertz CT molecular complexity index is 1150. The van der Waals surface area contributed by atoms with Crippen LogP contribution in [0.25, 0.3) is 10.6 Å². The van der Waals surface area contributed by atoms with Crippen LogP contribution >= 0.6 is 22.7 Å². The van der Waals surface area contributed by atoms with Gasteiger partial charge in [-0.05, 0) is 31.7 Å². The van der Waals surface area contributed by atoms with Crippen LogP contribution in [0.5, 0.6) is 0 Å². The Morgan fingerprint density at radius 2 is 2.06 bits per heavy atom. The molecule has 0 spiro atoms. The molecular formula is C20H20N4O5S2. The first-order valence-corrected chi connectivity index (χ1v) is 11.4. The van der Waals surface area contributed by atoms with Gasteiger partial charge in [-0.3, -0.25) is 9.48 Å². The standard InChI is InChI=1S/C20H20N4O5S2/c1-3-28-20(27)16-12-5-4-6-14(12)31-18(16)23-15(25)9-29-19(26)13-10-30-17(22-13)11-7-21-24(2)8-11/h7-8,10H,3-6,9H2,1-2H3,(H,23,25). The van der Waals surface area contributed by atoms with Gasteiger partial charge in [0, 0.05) is 29.1 Å². The van der Waals surface area contributed by atoms with Crippen LogP contribution in [0.4, 0.5) is 5.00 Å². The third-order valence-electron chi connectivity index (χ3n) is 4.65. The number of aromatic nitrogens is 3. The molecule has 3 heterocycles. The van der Waals surface area contributed by atoms with Gasteiger partial charge in [-0.25, -0.2) is 14.6 Å². The first kappa shape index (κ1) is 21.2. The predicted octanol–water partition coefficient (Wildman–Crippen LogP) is 3.07. The molecule has 0 saturated heterocycles. The molecule has 0 unspecified atom stereocenters. The molecule has 0 bridgehead atoms. The number of carbonyl (C=O) groups excluding carboxylic acids is 3. The Kier molecular flexibility index (Phi) is 6.14. The monoisotopic (exact) mass is 460 g/mol. The molecule has 1 aliphatic carbocycles. The second-order valence-corrected chi connectivity index (χ2v) is 8.81. The fraction of sp³-hybridized carbons (Fsp3) is 0.350. The van der Waals surface area contributed by atoms with Crippen molar-refractivity contribution in [2.75, 3.05) is 18.5 Å². The number of thiophene rings is 1. The summed E-state index contributed by atoms with van der Waals surface area (Å²) >= 11 is 2.66. The van der Waals surface area contributed by atoms with Gasteiger partial charge in [-0.15, -0.1) is 22.7 Å². The maximum absolute atomic E-state index is 12.4. The zero-order valence-electron chi connectivity index (χ0n) is 17.0. The van der Waals surface area contributed by atoms with Crippen molar-refractivity contribution in [2.24, 2.45) is 7.05 Å². The molecule has 1 N–H and O–H groups in total. The van der Waals surface area contributed by atoms with E-state index in [2.05, 4.69) is 15.4 Å². The number of rotatable bonds is 7. The Balaban J connectivity index is 1.38. The van der Waals surface area contributed by atoms with Gasteiger partial charge in [-0.2, -0.15) is 5.10 Å². The number of carbonyl (C=O) groups is 3. The van der Waals surface area contributed by atoms with Crippen molar-refractivity contribution in [3.8, 4) is 10.6 Å². The summed E-state index contributed by atoms with van der Waals surface area (Å²) in [6.07, 6.45) is 6.09. The number of hydrogen-bond donors (Lipinski definition) is 1. The average Bonchev–Trinajstić information content (AvgIpc) is 3.50. The molecule has 0 fully saturated rings. The van der Waals surface area contributed by atoms with E-state index >= 15 is 0 Å². The molecule has 1 aliphatic rings. The smallest absolute Gasteiger partial charge is 0.358 e. The van der Waals surface area contributed by atoms with Gasteiger partial charge in [-0.1, -0.05) is 0 Å². The third kappa shape index (κ3) is 4.52. The molecule has 0 aromatic carbocycles. The van der Waals surface area contributed by atoms with Crippen molar-refractivity contribution in [1.82, 2.24) is 14.8 Å². The van der Waals surface area contributed by atoms with Crippen LogP contribution in [0.3, 0.4) is 0 Å². The average molecular weight is 461 g/mol. The van der Waals surface area contributed by atoms with Crippen LogP contribution in [-0.2, 0) is 34.2 Å². The first-order chi connectivity index (χ1) is 15.0. The molecule has 0 aliphatic heterocycles. The highest BCUT2D eigenvalue weighted by Gasteiger charge is 2.28. The summed E-state index contributed by atoms with van der Waals surface area (Å²) in [5, 5.41) is 9.42. The number of esters is 2. The quantitative estimate of drug-likeness (QED) is 0.539. The van der Waals surface area contributed by atoms with E-state index in [4.69, 9.17) is 9.47 Å². The molecule has 0 radical (unpaired) electrons. The van der Waals surface area contributed by atoms with E-state index in [0.717, 1.165) is 35.3 Å². The van der Waals surface area contributed by atoms with Crippen LogP contribution in [-0.4, -0.2) is 45.8 Å². The van der Waals surface area contributed by atoms with Gasteiger partial charge < -0.3 is 14.8 Å². The zero-order valence-corrected chi connectivity index (χ0v) is 18.6. The lowest BCUT2D eigenvalue weighted by Crippen LogP contribution is -2.22. The highest BCUT2D eigenvalue weighted by molar-refractivity contribution is 7.17. The topological polar surface area (TPSA) is 112 Å². The molecule has 1 amide bonds. The highest BCUT2D eigenvalue weighted by Crippen LogP contribution is 2.39. The van der Waals surface area contributed by atoms with E-state index in [0.29, 0.717) is 15.6 Å². The van der Waals surface area contributed by atoms with Gasteiger partial charge in [0.05, 0.1) is 18.4 Å². The molecule has 3 aromatic rings. The molecule has 162 valence electrons. The number of amides is 1. The number of thiazole rings is 1. The van der Waals surface area contributed by atoms with Crippen molar-refractivity contribution in [3.63, 3.8) is 0 Å². The lowest BCUT2D eigenvalue weighted by molar-refractivity contribution is -0.119. The summed E-state index contributed by atoms with van der Waals surface area (Å²) in [7, 11) is 1.79. The minimum Gasteiger partial charge on any atom is -0.462 e. The van der Waals surface area contributed by atoms with Crippen molar-refractivity contribution in [3.05, 3.63) is 39.5 Å². The highest BCUT2D eigenvalue weighted by atomic mass is 32.1. The van der Waals surface area contributed by atoms with Crippen molar-refractivity contribution >= 4 is 45.5 Å². The molecule has 0 atom stereocenters. The fourth-order valence-electron chi connectivity index (χ4n) is 3.31.